The van der Waals surface area contributed by atoms with Crippen molar-refractivity contribution in [3.8, 4) is 0 Å². The van der Waals surface area contributed by atoms with Crippen molar-refractivity contribution in [3.05, 3.63) is 35.9 Å². The molecule has 4 nitrogen and oxygen atoms in total. The van der Waals surface area contributed by atoms with Crippen LogP contribution in [0.3, 0.4) is 0 Å². The van der Waals surface area contributed by atoms with E-state index in [1.54, 1.807) is 30.0 Å². The average Bonchev–Trinajstić information content (AvgIpc) is 2.65. The number of aliphatic hydroxyl groups excluding tert-OH is 1. The van der Waals surface area contributed by atoms with Crippen LogP contribution in [0.25, 0.3) is 0 Å². The lowest BCUT2D eigenvalue weighted by molar-refractivity contribution is -0.0752. The monoisotopic (exact) mass is 241 g/mol. The largest absolute Gasteiger partial charge is 0.386 e. The van der Waals surface area contributed by atoms with Gasteiger partial charge in [-0.05, 0) is 19.1 Å². The van der Waals surface area contributed by atoms with Crippen LogP contribution in [0.4, 0.5) is 0 Å². The van der Waals surface area contributed by atoms with Crippen LogP contribution >= 0.6 is 11.8 Å². The summed E-state index contributed by atoms with van der Waals surface area (Å²) in [5.41, 5.74) is 0.410. The molecule has 1 aromatic rings. The number of ether oxygens (including phenoxy) is 1. The van der Waals surface area contributed by atoms with Crippen molar-refractivity contribution >= 4 is 17.7 Å². The normalized spacial score (nSPS) is 23.4. The van der Waals surface area contributed by atoms with Crippen LogP contribution < -0.4 is 0 Å². The van der Waals surface area contributed by atoms with Gasteiger partial charge in [0.2, 0.25) is 0 Å². The highest BCUT2D eigenvalue weighted by atomic mass is 32.2. The van der Waals surface area contributed by atoms with Crippen molar-refractivity contribution in [2.24, 2.45) is 0 Å². The molecule has 0 bridgehead atoms. The Kier molecular flexibility index (Phi) is 5.31. The third-order valence-corrected chi connectivity index (χ3v) is 2.89. The maximum atomic E-state index is 10.1. The van der Waals surface area contributed by atoms with Gasteiger partial charge in [0.25, 0.3) is 0 Å². The van der Waals surface area contributed by atoms with Crippen molar-refractivity contribution in [2.75, 3.05) is 5.75 Å². The molecule has 1 aromatic carbocycles. The van der Waals surface area contributed by atoms with E-state index in [2.05, 4.69) is 0 Å². The second kappa shape index (κ2) is 6.52. The van der Waals surface area contributed by atoms with Crippen LogP contribution in [0.2, 0.25) is 0 Å². The summed E-state index contributed by atoms with van der Waals surface area (Å²) in [6.45, 7) is 1.93. The summed E-state index contributed by atoms with van der Waals surface area (Å²) in [4.78, 5) is 10.1. The first kappa shape index (κ1) is 13.0. The smallest absolute Gasteiger partial charge is 0.367 e. The molecule has 0 aromatic heterocycles. The molecule has 1 aliphatic heterocycles. The summed E-state index contributed by atoms with van der Waals surface area (Å²) in [7, 11) is 0. The van der Waals surface area contributed by atoms with Crippen LogP contribution in [0.15, 0.2) is 30.3 Å². The number of carbonyl (C=O) groups excluding carboxylic acids is 1. The molecule has 2 rings (SSSR count). The molecule has 0 spiro atoms. The Bertz CT molecular complexity index is 320. The van der Waals surface area contributed by atoms with Crippen molar-refractivity contribution in [1.82, 2.24) is 0 Å². The van der Waals surface area contributed by atoms with Gasteiger partial charge < -0.3 is 9.84 Å². The number of hydrogen-bond acceptors (Lipinski definition) is 4. The number of rotatable bonds is 1. The zero-order valence-corrected chi connectivity index (χ0v) is 9.65. The topological polar surface area (TPSA) is 66.4 Å². The highest BCUT2D eigenvalue weighted by molar-refractivity contribution is 7.99. The molecule has 16 heavy (non-hydrogen) atoms. The lowest BCUT2D eigenvalue weighted by atomic mass is 10.2. The Morgan fingerprint density at radius 1 is 1.44 bits per heavy atom. The van der Waals surface area contributed by atoms with Gasteiger partial charge in [-0.3, -0.25) is 0 Å². The summed E-state index contributed by atoms with van der Waals surface area (Å²) in [6.07, 6.45) is -0.514. The molecule has 2 unspecified atom stereocenters. The molecule has 2 atom stereocenters. The molecule has 0 amide bonds. The fraction of sp³-hybridized carbons (Fsp3) is 0.364. The van der Waals surface area contributed by atoms with Crippen molar-refractivity contribution < 1.29 is 19.7 Å². The van der Waals surface area contributed by atoms with E-state index in [0.29, 0.717) is 0 Å². The molecule has 0 saturated carbocycles. The summed E-state index contributed by atoms with van der Waals surface area (Å²) < 4.78 is 4.88. The third kappa shape index (κ3) is 4.65. The maximum absolute atomic E-state index is 10.1. The minimum absolute atomic E-state index is 0.190. The third-order valence-electron chi connectivity index (χ3n) is 1.83. The van der Waals surface area contributed by atoms with Gasteiger partial charge in [-0.25, -0.2) is 9.90 Å². The zero-order valence-electron chi connectivity index (χ0n) is 8.83. The fourth-order valence-corrected chi connectivity index (χ4v) is 1.81. The molecule has 0 aliphatic carbocycles. The zero-order chi connectivity index (χ0) is 12.0. The first-order chi connectivity index (χ1) is 7.59. The average molecular weight is 241 g/mol. The number of carbonyl (C=O) groups is 1. The highest BCUT2D eigenvalue weighted by Gasteiger charge is 2.18. The Hall–Kier alpha value is -1.04. The summed E-state index contributed by atoms with van der Waals surface area (Å²) in [5.74, 6) is -0.406. The molecular weight excluding hydrogens is 228 g/mol. The molecule has 1 aliphatic rings. The number of benzene rings is 1. The minimum Gasteiger partial charge on any atom is -0.367 e. The van der Waals surface area contributed by atoms with Gasteiger partial charge in [0, 0.05) is 5.75 Å². The number of hydrogen-bond donors (Lipinski definition) is 1. The minimum atomic E-state index is -1.13. The van der Waals surface area contributed by atoms with Gasteiger partial charge in [0.05, 0.1) is 5.56 Å². The van der Waals surface area contributed by atoms with E-state index in [4.69, 9.17) is 9.84 Å². The Morgan fingerprint density at radius 3 is 2.31 bits per heavy atom. The lowest BCUT2D eigenvalue weighted by Crippen LogP contribution is -2.07. The second-order valence-corrected chi connectivity index (χ2v) is 4.48. The Labute approximate surface area is 98.2 Å². The SMILES string of the molecule is CC1OC(O)CS1.[O]C(=O)c1ccccc1. The van der Waals surface area contributed by atoms with E-state index in [9.17, 15) is 9.90 Å². The predicted molar refractivity (Wildman–Crippen MR) is 60.5 cm³/mol. The Morgan fingerprint density at radius 2 is 2.06 bits per heavy atom. The molecule has 1 radical (unpaired) electrons. The molecule has 5 heteroatoms. The quantitative estimate of drug-likeness (QED) is 0.812. The van der Waals surface area contributed by atoms with Gasteiger partial charge in [-0.15, -0.1) is 11.8 Å². The van der Waals surface area contributed by atoms with Crippen LogP contribution in [-0.4, -0.2) is 28.6 Å². The number of thioether (sulfide) groups is 1. The van der Waals surface area contributed by atoms with Crippen LogP contribution in [0.5, 0.6) is 0 Å². The summed E-state index contributed by atoms with van der Waals surface area (Å²) in [6, 6.07) is 8.06. The van der Waals surface area contributed by atoms with Crippen molar-refractivity contribution in [2.45, 2.75) is 18.6 Å². The van der Waals surface area contributed by atoms with E-state index in [0.717, 1.165) is 5.75 Å². The van der Waals surface area contributed by atoms with Gasteiger partial charge in [-0.1, -0.05) is 18.2 Å². The Balaban J connectivity index is 0.000000165. The summed E-state index contributed by atoms with van der Waals surface area (Å²) in [5, 5.41) is 18.7. The van der Waals surface area contributed by atoms with Crippen LogP contribution in [0.1, 0.15) is 17.3 Å². The lowest BCUT2D eigenvalue weighted by Gasteiger charge is -1.98. The molecular formula is C11H13O4S. The van der Waals surface area contributed by atoms with E-state index in [-0.39, 0.29) is 11.0 Å². The fourth-order valence-electron chi connectivity index (χ4n) is 1.09. The first-order valence-electron chi connectivity index (χ1n) is 4.81. The molecule has 1 N–H and O–H groups in total. The first-order valence-corrected chi connectivity index (χ1v) is 5.86. The van der Waals surface area contributed by atoms with Crippen LogP contribution in [0, 0.1) is 0 Å². The van der Waals surface area contributed by atoms with Gasteiger partial charge in [0.15, 0.2) is 6.29 Å². The molecule has 1 fully saturated rings. The molecule has 1 heterocycles. The predicted octanol–water partition coefficient (Wildman–Crippen LogP) is 1.67. The van der Waals surface area contributed by atoms with Crippen LogP contribution in [-0.2, 0) is 9.84 Å². The van der Waals surface area contributed by atoms with E-state index in [1.165, 1.54) is 12.1 Å². The molecule has 87 valence electrons. The molecule has 1 saturated heterocycles. The van der Waals surface area contributed by atoms with Crippen molar-refractivity contribution in [3.63, 3.8) is 0 Å². The maximum Gasteiger partial charge on any atom is 0.386 e. The van der Waals surface area contributed by atoms with Crippen molar-refractivity contribution in [1.29, 1.82) is 0 Å². The standard InChI is InChI=1S/C7H5O2.C4H8O2S/c8-7(9)6-4-2-1-3-5-6;1-3-6-4(5)2-7-3/h1-5H;3-5H,2H2,1H3. The van der Waals surface area contributed by atoms with Gasteiger partial charge in [0.1, 0.15) is 5.44 Å². The van der Waals surface area contributed by atoms with E-state index in [1.807, 2.05) is 6.92 Å². The van der Waals surface area contributed by atoms with E-state index >= 15 is 0 Å². The second-order valence-electron chi connectivity index (χ2n) is 3.15. The van der Waals surface area contributed by atoms with Gasteiger partial charge >= 0.3 is 5.97 Å². The number of aliphatic hydroxyl groups is 1. The van der Waals surface area contributed by atoms with Gasteiger partial charge in [-0.2, -0.15) is 0 Å². The highest BCUT2D eigenvalue weighted by Crippen LogP contribution is 2.22. The van der Waals surface area contributed by atoms with E-state index < -0.39 is 12.3 Å². The summed E-state index contributed by atoms with van der Waals surface area (Å²) >= 11 is 1.63.